The highest BCUT2D eigenvalue weighted by atomic mass is 79.9. The molecule has 0 radical (unpaired) electrons. The standard InChI is InChI=1S/C23H23BrN4O4S/c1-2-25-20-9-12-31-14-11-28(20)17-5-3-16(4-6-17)26-22(30)23(10-13-32-15-23)27-21(29)18-7-8-19(24)33-18/h1,3-8H,9-15H2,(H,26,30)(H,27,29)/b25-20+/t23-/m1/s1. The zero-order chi connectivity index (χ0) is 23.3. The average Bonchev–Trinajstić information content (AvgIpc) is 3.40. The van der Waals surface area contributed by atoms with E-state index in [-0.39, 0.29) is 18.4 Å². The number of ether oxygens (including phenoxy) is 2. The molecule has 0 bridgehead atoms. The summed E-state index contributed by atoms with van der Waals surface area (Å²) in [7, 11) is 0. The van der Waals surface area contributed by atoms with Gasteiger partial charge in [-0.2, -0.15) is 4.99 Å². The van der Waals surface area contributed by atoms with E-state index < -0.39 is 5.54 Å². The van der Waals surface area contributed by atoms with Crippen LogP contribution in [-0.2, 0) is 14.3 Å². The van der Waals surface area contributed by atoms with Gasteiger partial charge in [-0.1, -0.05) is 6.42 Å². The van der Waals surface area contributed by atoms with Crippen LogP contribution in [0.3, 0.4) is 0 Å². The van der Waals surface area contributed by atoms with E-state index in [0.29, 0.717) is 49.8 Å². The quantitative estimate of drug-likeness (QED) is 0.579. The zero-order valence-electron chi connectivity index (χ0n) is 17.8. The third-order valence-electron chi connectivity index (χ3n) is 5.48. The molecular formula is C23H23BrN4O4S. The van der Waals surface area contributed by atoms with Gasteiger partial charge in [0.1, 0.15) is 11.4 Å². The second-order valence-corrected chi connectivity index (χ2v) is 10.1. The van der Waals surface area contributed by atoms with Gasteiger partial charge < -0.3 is 25.0 Å². The molecular weight excluding hydrogens is 508 g/mol. The lowest BCUT2D eigenvalue weighted by Gasteiger charge is -2.27. The minimum absolute atomic E-state index is 0.120. The van der Waals surface area contributed by atoms with Crippen LogP contribution < -0.4 is 15.5 Å². The molecule has 4 rings (SSSR count). The molecule has 2 aliphatic rings. The summed E-state index contributed by atoms with van der Waals surface area (Å²) in [6, 6.07) is 13.3. The summed E-state index contributed by atoms with van der Waals surface area (Å²) < 4.78 is 11.9. The largest absolute Gasteiger partial charge is 0.379 e. The monoisotopic (exact) mass is 530 g/mol. The molecule has 1 aromatic heterocycles. The molecule has 172 valence electrons. The summed E-state index contributed by atoms with van der Waals surface area (Å²) in [6.45, 7) is 2.30. The van der Waals surface area contributed by atoms with Gasteiger partial charge in [0.25, 0.3) is 11.8 Å². The van der Waals surface area contributed by atoms with Gasteiger partial charge >= 0.3 is 0 Å². The molecule has 0 aliphatic carbocycles. The van der Waals surface area contributed by atoms with E-state index in [0.717, 1.165) is 15.3 Å². The predicted molar refractivity (Wildman–Crippen MR) is 132 cm³/mol. The van der Waals surface area contributed by atoms with Crippen molar-refractivity contribution in [3.05, 3.63) is 45.1 Å². The Bertz CT molecular complexity index is 1090. The molecule has 2 amide bonds. The first-order valence-electron chi connectivity index (χ1n) is 10.5. The third-order valence-corrected chi connectivity index (χ3v) is 7.10. The first kappa shape index (κ1) is 23.4. The van der Waals surface area contributed by atoms with Crippen molar-refractivity contribution >= 4 is 56.3 Å². The number of halogens is 1. The number of rotatable bonds is 5. The van der Waals surface area contributed by atoms with Crippen LogP contribution in [0.25, 0.3) is 0 Å². The average molecular weight is 531 g/mol. The molecule has 33 heavy (non-hydrogen) atoms. The number of anilines is 2. The molecule has 0 unspecified atom stereocenters. The number of nitrogens with one attached hydrogen (secondary N) is 2. The van der Waals surface area contributed by atoms with Crippen LogP contribution in [0.5, 0.6) is 0 Å². The zero-order valence-corrected chi connectivity index (χ0v) is 20.2. The number of hydrogen-bond donors (Lipinski definition) is 2. The maximum Gasteiger partial charge on any atom is 0.262 e. The lowest BCUT2D eigenvalue weighted by Crippen LogP contribution is -2.57. The third kappa shape index (κ3) is 5.45. The van der Waals surface area contributed by atoms with Crippen LogP contribution in [-0.4, -0.2) is 56.2 Å². The number of carbonyl (C=O) groups is 2. The van der Waals surface area contributed by atoms with E-state index in [4.69, 9.17) is 15.9 Å². The summed E-state index contributed by atoms with van der Waals surface area (Å²) in [6.07, 6.45) is 6.41. The highest BCUT2D eigenvalue weighted by Gasteiger charge is 2.44. The summed E-state index contributed by atoms with van der Waals surface area (Å²) >= 11 is 4.67. The van der Waals surface area contributed by atoms with E-state index >= 15 is 0 Å². The Morgan fingerprint density at radius 1 is 1.15 bits per heavy atom. The van der Waals surface area contributed by atoms with Gasteiger partial charge in [-0.15, -0.1) is 11.3 Å². The first-order valence-corrected chi connectivity index (χ1v) is 12.1. The number of amidine groups is 1. The Hall–Kier alpha value is -2.71. The van der Waals surface area contributed by atoms with Gasteiger partial charge in [-0.05, 0) is 52.3 Å². The van der Waals surface area contributed by atoms with Crippen LogP contribution in [0, 0.1) is 12.5 Å². The van der Waals surface area contributed by atoms with Gasteiger partial charge in [0.15, 0.2) is 0 Å². The lowest BCUT2D eigenvalue weighted by atomic mass is 9.97. The summed E-state index contributed by atoms with van der Waals surface area (Å²) in [4.78, 5) is 32.6. The molecule has 1 atom stereocenters. The Balaban J connectivity index is 1.47. The minimum atomic E-state index is -1.12. The Labute approximate surface area is 204 Å². The van der Waals surface area contributed by atoms with Crippen molar-refractivity contribution < 1.29 is 19.1 Å². The van der Waals surface area contributed by atoms with Crippen LogP contribution in [0.1, 0.15) is 22.5 Å². The lowest BCUT2D eigenvalue weighted by molar-refractivity contribution is -0.122. The summed E-state index contributed by atoms with van der Waals surface area (Å²) in [5.41, 5.74) is 0.397. The fourth-order valence-electron chi connectivity index (χ4n) is 3.74. The predicted octanol–water partition coefficient (Wildman–Crippen LogP) is 3.25. The topological polar surface area (TPSA) is 92.3 Å². The Kier molecular flexibility index (Phi) is 7.45. The van der Waals surface area contributed by atoms with Crippen molar-refractivity contribution in [1.82, 2.24) is 5.32 Å². The second kappa shape index (κ2) is 10.5. The number of amides is 2. The Morgan fingerprint density at radius 2 is 1.97 bits per heavy atom. The van der Waals surface area contributed by atoms with Crippen molar-refractivity contribution in [3.63, 3.8) is 0 Å². The summed E-state index contributed by atoms with van der Waals surface area (Å²) in [5.74, 6) is 0.164. The maximum absolute atomic E-state index is 13.2. The summed E-state index contributed by atoms with van der Waals surface area (Å²) in [5, 5.41) is 5.81. The van der Waals surface area contributed by atoms with Gasteiger partial charge in [0.05, 0.1) is 28.5 Å². The molecule has 3 heterocycles. The molecule has 2 aromatic rings. The number of aliphatic imine (C=N–C) groups is 1. The van der Waals surface area contributed by atoms with Gasteiger partial charge in [-0.3, -0.25) is 9.59 Å². The molecule has 2 aliphatic heterocycles. The highest BCUT2D eigenvalue weighted by Crippen LogP contribution is 2.26. The molecule has 2 saturated heterocycles. The number of carbonyl (C=O) groups excluding carboxylic acids is 2. The molecule has 10 heteroatoms. The van der Waals surface area contributed by atoms with Crippen molar-refractivity contribution in [2.24, 2.45) is 4.99 Å². The number of nitrogens with zero attached hydrogens (tertiary/aromatic N) is 2. The first-order chi connectivity index (χ1) is 16.0. The molecule has 2 fully saturated rings. The van der Waals surface area contributed by atoms with E-state index in [2.05, 4.69) is 37.6 Å². The molecule has 0 spiro atoms. The molecule has 2 N–H and O–H groups in total. The van der Waals surface area contributed by atoms with Crippen molar-refractivity contribution in [1.29, 1.82) is 0 Å². The molecule has 0 saturated carbocycles. The number of terminal acetylenes is 1. The van der Waals surface area contributed by atoms with Gasteiger partial charge in [-0.25, -0.2) is 0 Å². The van der Waals surface area contributed by atoms with Crippen molar-refractivity contribution in [3.8, 4) is 12.5 Å². The smallest absolute Gasteiger partial charge is 0.262 e. The number of benzene rings is 1. The maximum atomic E-state index is 13.2. The van der Waals surface area contributed by atoms with Crippen LogP contribution >= 0.6 is 27.3 Å². The van der Waals surface area contributed by atoms with Crippen molar-refractivity contribution in [2.75, 3.05) is 43.2 Å². The van der Waals surface area contributed by atoms with E-state index in [1.54, 1.807) is 12.1 Å². The highest BCUT2D eigenvalue weighted by molar-refractivity contribution is 9.11. The Morgan fingerprint density at radius 3 is 2.64 bits per heavy atom. The van der Waals surface area contributed by atoms with Crippen LogP contribution in [0.2, 0.25) is 0 Å². The fraction of sp³-hybridized carbons (Fsp3) is 0.348. The molecule has 1 aromatic carbocycles. The van der Waals surface area contributed by atoms with Crippen LogP contribution in [0.15, 0.2) is 45.2 Å². The van der Waals surface area contributed by atoms with Crippen molar-refractivity contribution in [2.45, 2.75) is 18.4 Å². The minimum Gasteiger partial charge on any atom is -0.379 e. The van der Waals surface area contributed by atoms with Crippen LogP contribution in [0.4, 0.5) is 11.4 Å². The van der Waals surface area contributed by atoms with E-state index in [1.807, 2.05) is 29.2 Å². The van der Waals surface area contributed by atoms with Gasteiger partial charge in [0, 0.05) is 43.4 Å². The fourth-order valence-corrected chi connectivity index (χ4v) is 5.03. The second-order valence-electron chi connectivity index (χ2n) is 7.61. The van der Waals surface area contributed by atoms with E-state index in [9.17, 15) is 9.59 Å². The van der Waals surface area contributed by atoms with E-state index in [1.165, 1.54) is 11.3 Å². The number of thiophene rings is 1. The van der Waals surface area contributed by atoms with Gasteiger partial charge in [0.2, 0.25) is 0 Å². The molecule has 8 nitrogen and oxygen atoms in total. The normalized spacial score (nSPS) is 21.9. The number of hydrogen-bond acceptors (Lipinski definition) is 6. The SMILES string of the molecule is C#C/N=C1\CCOCCN1c1ccc(NC(=O)[C@@]2(NC(=O)c3ccc(Br)s3)CCOC2)cc1.